The van der Waals surface area contributed by atoms with Crippen molar-refractivity contribution in [3.63, 3.8) is 0 Å². The van der Waals surface area contributed by atoms with Crippen molar-refractivity contribution in [1.29, 1.82) is 5.41 Å². The van der Waals surface area contributed by atoms with Crippen molar-refractivity contribution in [2.75, 3.05) is 13.1 Å². The van der Waals surface area contributed by atoms with Crippen LogP contribution in [0, 0.1) is 10.8 Å². The molecule has 1 atom stereocenters. The summed E-state index contributed by atoms with van der Waals surface area (Å²) in [6.07, 6.45) is 4.93. The lowest BCUT2D eigenvalue weighted by Crippen LogP contribution is -2.37. The van der Waals surface area contributed by atoms with E-state index in [2.05, 4.69) is 25.7 Å². The first-order valence-electron chi connectivity index (χ1n) is 6.06. The highest BCUT2D eigenvalue weighted by molar-refractivity contribution is 5.82. The van der Waals surface area contributed by atoms with Gasteiger partial charge in [0.15, 0.2) is 0 Å². The molecule has 1 fully saturated rings. The van der Waals surface area contributed by atoms with Gasteiger partial charge in [-0.25, -0.2) is 0 Å². The van der Waals surface area contributed by atoms with Crippen molar-refractivity contribution >= 4 is 5.84 Å². The zero-order valence-electron chi connectivity index (χ0n) is 10.3. The van der Waals surface area contributed by atoms with Crippen LogP contribution in [-0.2, 0) is 0 Å². The summed E-state index contributed by atoms with van der Waals surface area (Å²) in [4.78, 5) is 2.56. The molecule has 0 aromatic carbocycles. The Morgan fingerprint density at radius 2 is 2.20 bits per heavy atom. The SMILES string of the molecule is CCC1CCCN1CCC(C)(C)C(=N)N. The molecule has 3 heteroatoms. The zero-order valence-corrected chi connectivity index (χ0v) is 10.3. The van der Waals surface area contributed by atoms with Gasteiger partial charge >= 0.3 is 0 Å². The van der Waals surface area contributed by atoms with Gasteiger partial charge in [0, 0.05) is 11.5 Å². The maximum absolute atomic E-state index is 7.53. The lowest BCUT2D eigenvalue weighted by atomic mass is 9.88. The van der Waals surface area contributed by atoms with Crippen molar-refractivity contribution in [3.05, 3.63) is 0 Å². The molecule has 0 radical (unpaired) electrons. The monoisotopic (exact) mass is 211 g/mol. The van der Waals surface area contributed by atoms with E-state index in [0.717, 1.165) is 19.0 Å². The Morgan fingerprint density at radius 1 is 1.53 bits per heavy atom. The number of rotatable bonds is 5. The van der Waals surface area contributed by atoms with Crippen molar-refractivity contribution in [1.82, 2.24) is 4.90 Å². The van der Waals surface area contributed by atoms with E-state index in [-0.39, 0.29) is 5.41 Å². The molecule has 1 unspecified atom stereocenters. The molecular weight excluding hydrogens is 186 g/mol. The average Bonchev–Trinajstić information content (AvgIpc) is 2.61. The quantitative estimate of drug-likeness (QED) is 0.541. The minimum Gasteiger partial charge on any atom is -0.387 e. The summed E-state index contributed by atoms with van der Waals surface area (Å²) in [6, 6.07) is 0.771. The van der Waals surface area contributed by atoms with E-state index in [4.69, 9.17) is 11.1 Å². The largest absolute Gasteiger partial charge is 0.387 e. The van der Waals surface area contributed by atoms with Crippen LogP contribution in [0.1, 0.15) is 46.5 Å². The molecule has 1 aliphatic heterocycles. The number of nitrogens with two attached hydrogens (primary N) is 1. The number of hydrogen-bond donors (Lipinski definition) is 2. The Hall–Kier alpha value is -0.570. The summed E-state index contributed by atoms with van der Waals surface area (Å²) >= 11 is 0. The molecule has 1 heterocycles. The van der Waals surface area contributed by atoms with E-state index in [0.29, 0.717) is 5.84 Å². The summed E-state index contributed by atoms with van der Waals surface area (Å²) in [7, 11) is 0. The predicted molar refractivity (Wildman–Crippen MR) is 65.2 cm³/mol. The third-order valence-electron chi connectivity index (χ3n) is 3.72. The second-order valence-electron chi connectivity index (χ2n) is 5.29. The zero-order chi connectivity index (χ0) is 11.5. The fourth-order valence-corrected chi connectivity index (χ4v) is 2.21. The van der Waals surface area contributed by atoms with Crippen LogP contribution in [0.3, 0.4) is 0 Å². The average molecular weight is 211 g/mol. The standard InChI is InChI=1S/C12H25N3/c1-4-10-6-5-8-15(10)9-7-12(2,3)11(13)14/h10H,4-9H2,1-3H3,(H3,13,14). The highest BCUT2D eigenvalue weighted by Crippen LogP contribution is 2.25. The number of nitrogens with one attached hydrogen (secondary N) is 1. The maximum Gasteiger partial charge on any atom is 0.0963 e. The van der Waals surface area contributed by atoms with E-state index in [9.17, 15) is 0 Å². The van der Waals surface area contributed by atoms with Gasteiger partial charge in [-0.1, -0.05) is 20.8 Å². The van der Waals surface area contributed by atoms with Crippen LogP contribution in [0.25, 0.3) is 0 Å². The van der Waals surface area contributed by atoms with Gasteiger partial charge in [0.1, 0.15) is 0 Å². The van der Waals surface area contributed by atoms with Gasteiger partial charge in [0.2, 0.25) is 0 Å². The highest BCUT2D eigenvalue weighted by Gasteiger charge is 2.27. The van der Waals surface area contributed by atoms with Crippen molar-refractivity contribution in [2.24, 2.45) is 11.1 Å². The van der Waals surface area contributed by atoms with Gasteiger partial charge in [0.05, 0.1) is 5.84 Å². The van der Waals surface area contributed by atoms with E-state index in [1.54, 1.807) is 0 Å². The maximum atomic E-state index is 7.53. The Morgan fingerprint density at radius 3 is 2.73 bits per heavy atom. The summed E-state index contributed by atoms with van der Waals surface area (Å²) in [6.45, 7) is 8.70. The Labute approximate surface area is 93.5 Å². The number of amidine groups is 1. The molecule has 1 aliphatic rings. The lowest BCUT2D eigenvalue weighted by Gasteiger charge is -2.29. The number of nitrogens with zero attached hydrogens (tertiary/aromatic N) is 1. The summed E-state index contributed by atoms with van der Waals surface area (Å²) in [5, 5.41) is 7.53. The van der Waals surface area contributed by atoms with Crippen LogP contribution in [0.5, 0.6) is 0 Å². The molecule has 3 nitrogen and oxygen atoms in total. The van der Waals surface area contributed by atoms with Crippen LogP contribution >= 0.6 is 0 Å². The molecule has 1 saturated heterocycles. The first kappa shape index (κ1) is 12.5. The van der Waals surface area contributed by atoms with Gasteiger partial charge in [-0.15, -0.1) is 0 Å². The van der Waals surface area contributed by atoms with E-state index in [1.165, 1.54) is 25.8 Å². The second kappa shape index (κ2) is 4.97. The Bertz CT molecular complexity index is 223. The van der Waals surface area contributed by atoms with Crippen LogP contribution in [0.2, 0.25) is 0 Å². The summed E-state index contributed by atoms with van der Waals surface area (Å²) in [5.41, 5.74) is 5.45. The van der Waals surface area contributed by atoms with E-state index in [1.807, 2.05) is 0 Å². The van der Waals surface area contributed by atoms with Gasteiger partial charge in [-0.3, -0.25) is 5.41 Å². The predicted octanol–water partition coefficient (Wildman–Crippen LogP) is 2.21. The molecule has 15 heavy (non-hydrogen) atoms. The Balaban J connectivity index is 2.39. The van der Waals surface area contributed by atoms with Gasteiger partial charge in [0.25, 0.3) is 0 Å². The van der Waals surface area contributed by atoms with E-state index >= 15 is 0 Å². The fourth-order valence-electron chi connectivity index (χ4n) is 2.21. The minimum atomic E-state index is -0.138. The molecule has 0 amide bonds. The summed E-state index contributed by atoms with van der Waals surface area (Å²) < 4.78 is 0. The lowest BCUT2D eigenvalue weighted by molar-refractivity contribution is 0.224. The fraction of sp³-hybridized carbons (Fsp3) is 0.917. The first-order chi connectivity index (χ1) is 6.97. The normalized spacial score (nSPS) is 23.3. The molecule has 0 spiro atoms. The molecule has 0 saturated carbocycles. The van der Waals surface area contributed by atoms with Crippen LogP contribution in [-0.4, -0.2) is 29.9 Å². The van der Waals surface area contributed by atoms with E-state index < -0.39 is 0 Å². The molecule has 0 bridgehead atoms. The molecule has 88 valence electrons. The first-order valence-corrected chi connectivity index (χ1v) is 6.06. The highest BCUT2D eigenvalue weighted by atomic mass is 15.2. The molecule has 0 aromatic rings. The smallest absolute Gasteiger partial charge is 0.0963 e. The van der Waals surface area contributed by atoms with Crippen LogP contribution in [0.4, 0.5) is 0 Å². The molecule has 3 N–H and O–H groups in total. The van der Waals surface area contributed by atoms with Gasteiger partial charge in [-0.05, 0) is 38.8 Å². The van der Waals surface area contributed by atoms with Crippen LogP contribution in [0.15, 0.2) is 0 Å². The number of hydrogen-bond acceptors (Lipinski definition) is 2. The third-order valence-corrected chi connectivity index (χ3v) is 3.72. The Kier molecular flexibility index (Phi) is 4.14. The second-order valence-corrected chi connectivity index (χ2v) is 5.29. The summed E-state index contributed by atoms with van der Waals surface area (Å²) in [5.74, 6) is 0.315. The molecule has 0 aromatic heterocycles. The van der Waals surface area contributed by atoms with Crippen molar-refractivity contribution in [3.8, 4) is 0 Å². The van der Waals surface area contributed by atoms with Gasteiger partial charge in [-0.2, -0.15) is 0 Å². The van der Waals surface area contributed by atoms with Crippen LogP contribution < -0.4 is 5.73 Å². The molecule has 1 rings (SSSR count). The van der Waals surface area contributed by atoms with Gasteiger partial charge < -0.3 is 10.6 Å². The number of likely N-dealkylation sites (tertiary alicyclic amines) is 1. The minimum absolute atomic E-state index is 0.138. The molecular formula is C12H25N3. The van der Waals surface area contributed by atoms with Crippen molar-refractivity contribution in [2.45, 2.75) is 52.5 Å². The molecule has 0 aliphatic carbocycles. The van der Waals surface area contributed by atoms with Crippen molar-refractivity contribution < 1.29 is 0 Å². The topological polar surface area (TPSA) is 53.1 Å². The third kappa shape index (κ3) is 3.20.